The van der Waals surface area contributed by atoms with E-state index in [1.165, 1.54) is 24.0 Å². The van der Waals surface area contributed by atoms with E-state index >= 15 is 0 Å². The number of likely N-dealkylation sites (tertiary alicyclic amines) is 1. The summed E-state index contributed by atoms with van der Waals surface area (Å²) in [5, 5.41) is 11.2. The molecule has 1 unspecified atom stereocenters. The van der Waals surface area contributed by atoms with Crippen LogP contribution in [0.4, 0.5) is 0 Å². The lowest BCUT2D eigenvalue weighted by Gasteiger charge is -2.26. The third-order valence-corrected chi connectivity index (χ3v) is 5.58. The minimum Gasteiger partial charge on any atom is -0.468 e. The van der Waals surface area contributed by atoms with Gasteiger partial charge in [0.2, 0.25) is 0 Å². The third kappa shape index (κ3) is 5.98. The van der Waals surface area contributed by atoms with Crippen molar-refractivity contribution in [3.63, 3.8) is 0 Å². The van der Waals surface area contributed by atoms with Crippen molar-refractivity contribution in [3.05, 3.63) is 78.0 Å². The van der Waals surface area contributed by atoms with E-state index in [0.29, 0.717) is 6.54 Å². The van der Waals surface area contributed by atoms with Gasteiger partial charge in [-0.1, -0.05) is 24.3 Å². The molecule has 3 aromatic rings. The fourth-order valence-electron chi connectivity index (χ4n) is 4.06. The number of hydrogen-bond acceptors (Lipinski definition) is 4. The lowest BCUT2D eigenvalue weighted by atomic mass is 10.1. The Balaban J connectivity index is 1.39. The molecule has 0 bridgehead atoms. The largest absolute Gasteiger partial charge is 0.468 e. The van der Waals surface area contributed by atoms with Crippen LogP contribution in [0.2, 0.25) is 0 Å². The highest BCUT2D eigenvalue weighted by molar-refractivity contribution is 5.79. The van der Waals surface area contributed by atoms with Gasteiger partial charge in [-0.05, 0) is 62.2 Å². The number of nitrogens with zero attached hydrogens (tertiary/aromatic N) is 4. The van der Waals surface area contributed by atoms with E-state index in [2.05, 4.69) is 57.9 Å². The summed E-state index contributed by atoms with van der Waals surface area (Å²) in [6.45, 7) is 7.29. The second-order valence-electron chi connectivity index (χ2n) is 7.87. The van der Waals surface area contributed by atoms with Gasteiger partial charge in [-0.3, -0.25) is 9.58 Å². The molecule has 4 rings (SSSR count). The summed E-state index contributed by atoms with van der Waals surface area (Å²) >= 11 is 0. The van der Waals surface area contributed by atoms with Gasteiger partial charge in [0.1, 0.15) is 5.76 Å². The summed E-state index contributed by atoms with van der Waals surface area (Å²) in [5.41, 5.74) is 2.41. The first kappa shape index (κ1) is 21.2. The van der Waals surface area contributed by atoms with Gasteiger partial charge in [0.15, 0.2) is 5.96 Å². The van der Waals surface area contributed by atoms with Gasteiger partial charge in [0.05, 0.1) is 25.4 Å². The van der Waals surface area contributed by atoms with Crippen molar-refractivity contribution < 1.29 is 4.42 Å². The van der Waals surface area contributed by atoms with Crippen LogP contribution in [0.1, 0.15) is 42.7 Å². The van der Waals surface area contributed by atoms with E-state index in [0.717, 1.165) is 44.4 Å². The van der Waals surface area contributed by atoms with Crippen molar-refractivity contribution in [2.45, 2.75) is 38.9 Å². The summed E-state index contributed by atoms with van der Waals surface area (Å²) in [5.74, 6) is 1.84. The number of benzene rings is 1. The van der Waals surface area contributed by atoms with Crippen LogP contribution in [-0.2, 0) is 13.1 Å². The van der Waals surface area contributed by atoms with Crippen LogP contribution in [0.3, 0.4) is 0 Å². The fourth-order valence-corrected chi connectivity index (χ4v) is 4.06. The number of furan rings is 1. The highest BCUT2D eigenvalue weighted by Crippen LogP contribution is 2.24. The minimum absolute atomic E-state index is 0.221. The maximum Gasteiger partial charge on any atom is 0.191 e. The molecule has 31 heavy (non-hydrogen) atoms. The topological polar surface area (TPSA) is 70.6 Å². The van der Waals surface area contributed by atoms with Crippen molar-refractivity contribution in [3.8, 4) is 0 Å². The molecule has 0 amide bonds. The minimum atomic E-state index is 0.221. The van der Waals surface area contributed by atoms with E-state index < -0.39 is 0 Å². The quantitative estimate of drug-likeness (QED) is 0.410. The van der Waals surface area contributed by atoms with Crippen LogP contribution in [0.25, 0.3) is 0 Å². The van der Waals surface area contributed by atoms with E-state index in [-0.39, 0.29) is 6.04 Å². The predicted molar refractivity (Wildman–Crippen MR) is 123 cm³/mol. The van der Waals surface area contributed by atoms with Gasteiger partial charge < -0.3 is 15.1 Å². The van der Waals surface area contributed by atoms with E-state index in [4.69, 9.17) is 9.41 Å². The summed E-state index contributed by atoms with van der Waals surface area (Å²) < 4.78 is 7.67. The zero-order valence-corrected chi connectivity index (χ0v) is 18.2. The van der Waals surface area contributed by atoms with Crippen molar-refractivity contribution in [2.24, 2.45) is 4.99 Å². The molecule has 7 heteroatoms. The highest BCUT2D eigenvalue weighted by atomic mass is 16.3. The van der Waals surface area contributed by atoms with Crippen molar-refractivity contribution >= 4 is 5.96 Å². The monoisotopic (exact) mass is 420 g/mol. The smallest absolute Gasteiger partial charge is 0.191 e. The Morgan fingerprint density at radius 2 is 2.00 bits per heavy atom. The van der Waals surface area contributed by atoms with Gasteiger partial charge >= 0.3 is 0 Å². The van der Waals surface area contributed by atoms with Gasteiger partial charge in [-0.15, -0.1) is 0 Å². The molecule has 1 atom stereocenters. The number of rotatable bonds is 9. The first-order chi connectivity index (χ1) is 15.3. The van der Waals surface area contributed by atoms with Crippen LogP contribution in [0, 0.1) is 0 Å². The zero-order chi connectivity index (χ0) is 21.3. The zero-order valence-electron chi connectivity index (χ0n) is 18.2. The Morgan fingerprint density at radius 3 is 2.74 bits per heavy atom. The molecule has 0 radical (unpaired) electrons. The van der Waals surface area contributed by atoms with Gasteiger partial charge in [0, 0.05) is 25.5 Å². The maximum absolute atomic E-state index is 5.74. The van der Waals surface area contributed by atoms with E-state index in [1.54, 1.807) is 12.5 Å². The second kappa shape index (κ2) is 10.8. The molecule has 1 aromatic carbocycles. The summed E-state index contributed by atoms with van der Waals surface area (Å²) in [6, 6.07) is 14.7. The number of guanidine groups is 1. The summed E-state index contributed by atoms with van der Waals surface area (Å²) in [7, 11) is 0. The van der Waals surface area contributed by atoms with Crippen molar-refractivity contribution in [2.75, 3.05) is 26.2 Å². The molecule has 7 nitrogen and oxygen atoms in total. The lowest BCUT2D eigenvalue weighted by molar-refractivity contribution is 0.215. The molecule has 0 aliphatic carbocycles. The molecule has 0 spiro atoms. The van der Waals surface area contributed by atoms with Gasteiger partial charge in [-0.25, -0.2) is 4.99 Å². The first-order valence-corrected chi connectivity index (χ1v) is 11.2. The highest BCUT2D eigenvalue weighted by Gasteiger charge is 2.25. The number of nitrogens with one attached hydrogen (secondary N) is 2. The molecule has 1 saturated heterocycles. The number of aromatic nitrogens is 2. The summed E-state index contributed by atoms with van der Waals surface area (Å²) in [6.07, 6.45) is 8.04. The Labute approximate surface area is 184 Å². The first-order valence-electron chi connectivity index (χ1n) is 11.2. The fraction of sp³-hybridized carbons (Fsp3) is 0.417. The number of hydrogen-bond donors (Lipinski definition) is 2. The maximum atomic E-state index is 5.74. The molecule has 3 heterocycles. The Morgan fingerprint density at radius 1 is 1.13 bits per heavy atom. The molecular formula is C24H32N6O. The Kier molecular flexibility index (Phi) is 7.39. The summed E-state index contributed by atoms with van der Waals surface area (Å²) in [4.78, 5) is 7.32. The van der Waals surface area contributed by atoms with Crippen molar-refractivity contribution in [1.82, 2.24) is 25.3 Å². The average Bonchev–Trinajstić information content (AvgIpc) is 3.56. The second-order valence-corrected chi connectivity index (χ2v) is 7.87. The third-order valence-electron chi connectivity index (χ3n) is 5.58. The molecule has 1 fully saturated rings. The van der Waals surface area contributed by atoms with Gasteiger partial charge in [0.25, 0.3) is 0 Å². The molecule has 2 N–H and O–H groups in total. The molecule has 1 aliphatic heterocycles. The van der Waals surface area contributed by atoms with Crippen molar-refractivity contribution in [1.29, 1.82) is 0 Å². The average molecular weight is 421 g/mol. The molecule has 164 valence electrons. The molecule has 2 aromatic heterocycles. The van der Waals surface area contributed by atoms with Crippen LogP contribution in [0.5, 0.6) is 0 Å². The van der Waals surface area contributed by atoms with E-state index in [1.807, 2.05) is 23.0 Å². The SMILES string of the molecule is CCNC(=NCc1cccc(Cn2cccn2)c1)NCC(c1ccco1)N1CCCC1. The van der Waals surface area contributed by atoms with Crippen LogP contribution < -0.4 is 10.6 Å². The molecule has 0 saturated carbocycles. The number of aliphatic imine (C=N–C) groups is 1. The van der Waals surface area contributed by atoms with Gasteiger partial charge in [-0.2, -0.15) is 5.10 Å². The van der Waals surface area contributed by atoms with Crippen LogP contribution in [-0.4, -0.2) is 46.8 Å². The van der Waals surface area contributed by atoms with E-state index in [9.17, 15) is 0 Å². The predicted octanol–water partition coefficient (Wildman–Crippen LogP) is 3.42. The van der Waals surface area contributed by atoms with Crippen LogP contribution in [0.15, 0.2) is 70.5 Å². The lowest BCUT2D eigenvalue weighted by Crippen LogP contribution is -2.42. The Hall–Kier alpha value is -3.06. The molecular weight excluding hydrogens is 388 g/mol. The molecule has 1 aliphatic rings. The Bertz CT molecular complexity index is 929. The van der Waals surface area contributed by atoms with Crippen LogP contribution >= 0.6 is 0 Å². The normalized spacial score (nSPS) is 15.8. The standard InChI is InChI=1S/C24H32N6O/c1-2-25-24(27-18-22(23-10-6-15-31-23)29-12-3-4-13-29)26-17-20-8-5-9-21(16-20)19-30-14-7-11-28-30/h5-11,14-16,22H,2-4,12-13,17-19H2,1H3,(H2,25,26,27).